The molecule has 3 heterocycles. The van der Waals surface area contributed by atoms with Crippen LogP contribution in [0.3, 0.4) is 0 Å². The van der Waals surface area contributed by atoms with E-state index in [1.165, 1.54) is 38.5 Å². The Balaban J connectivity index is 1.24. The lowest BCUT2D eigenvalue weighted by Crippen LogP contribution is -2.66. The molecule has 17 atom stereocenters. The van der Waals surface area contributed by atoms with Gasteiger partial charge in [0.25, 0.3) is 0 Å². The number of unbranched alkanes of at least 4 members (excludes halogenated alkanes) is 12. The van der Waals surface area contributed by atoms with E-state index >= 15 is 0 Å². The van der Waals surface area contributed by atoms with Gasteiger partial charge in [0.2, 0.25) is 5.91 Å². The Morgan fingerprint density at radius 2 is 0.793 bits per heavy atom. The maximum Gasteiger partial charge on any atom is 0.220 e. The van der Waals surface area contributed by atoms with Crippen LogP contribution in [0, 0.1) is 0 Å². The fraction of sp³-hybridized carbons (Fsp3) is 0.691. The zero-order valence-corrected chi connectivity index (χ0v) is 51.9. The Bertz CT molecular complexity index is 2050. The molecule has 0 aliphatic carbocycles. The number of nitrogens with one attached hydrogen (secondary N) is 1. The van der Waals surface area contributed by atoms with Gasteiger partial charge >= 0.3 is 0 Å². The van der Waals surface area contributed by atoms with Gasteiger partial charge in [-0.2, -0.15) is 0 Å². The first-order chi connectivity index (χ1) is 42.3. The summed E-state index contributed by atoms with van der Waals surface area (Å²) in [7, 11) is 0. The SMILES string of the molecule is CC/C=C\C/C=C\C/C=C\C/C=C\C/C=C\C/C=C\C/C=C\C/C=C\C/C=C\CCCCCCCCCCCCCC(=O)NC(COC1OC(CO)C(OC2OC(CO)C(OC3OC(CO)C(O)C(O)C3O)C(O)C2O)C(O)C1O)C(O)/C=C/CCC. The van der Waals surface area contributed by atoms with E-state index < -0.39 is 124 Å². The number of aliphatic hydroxyl groups excluding tert-OH is 11. The van der Waals surface area contributed by atoms with Crippen molar-refractivity contribution < 1.29 is 89.4 Å². The molecule has 0 bridgehead atoms. The minimum absolute atomic E-state index is 0.229. The van der Waals surface area contributed by atoms with Crippen molar-refractivity contribution in [1.29, 1.82) is 0 Å². The summed E-state index contributed by atoms with van der Waals surface area (Å²) in [6, 6.07) is -0.977. The molecule has 19 nitrogen and oxygen atoms in total. The van der Waals surface area contributed by atoms with Gasteiger partial charge in [-0.15, -0.1) is 0 Å². The highest BCUT2D eigenvalue weighted by molar-refractivity contribution is 5.76. The number of aliphatic hydroxyl groups is 11. The molecule has 3 saturated heterocycles. The van der Waals surface area contributed by atoms with Crippen molar-refractivity contribution in [2.45, 2.75) is 272 Å². The summed E-state index contributed by atoms with van der Waals surface area (Å²) >= 11 is 0. The van der Waals surface area contributed by atoms with Crippen LogP contribution in [0.15, 0.2) is 122 Å². The number of amides is 1. The third kappa shape index (κ3) is 31.7. The smallest absolute Gasteiger partial charge is 0.220 e. The van der Waals surface area contributed by atoms with Crippen LogP contribution in [0.1, 0.15) is 168 Å². The summed E-state index contributed by atoms with van der Waals surface area (Å²) in [6.07, 6.45) is 40.5. The highest BCUT2D eigenvalue weighted by atomic mass is 16.8. The Hall–Kier alpha value is -3.81. The van der Waals surface area contributed by atoms with Crippen LogP contribution in [0.4, 0.5) is 0 Å². The lowest BCUT2D eigenvalue weighted by Gasteiger charge is -2.48. The van der Waals surface area contributed by atoms with E-state index in [9.17, 15) is 61.0 Å². The third-order valence-corrected chi connectivity index (χ3v) is 15.2. The molecule has 1 amide bonds. The van der Waals surface area contributed by atoms with E-state index in [2.05, 4.69) is 122 Å². The number of hydrogen-bond donors (Lipinski definition) is 12. The van der Waals surface area contributed by atoms with Crippen LogP contribution in [-0.2, 0) is 33.2 Å². The van der Waals surface area contributed by atoms with Crippen molar-refractivity contribution in [3.8, 4) is 0 Å². The zero-order chi connectivity index (χ0) is 63.3. The maximum atomic E-state index is 13.2. The Labute approximate surface area is 518 Å². The summed E-state index contributed by atoms with van der Waals surface area (Å²) < 4.78 is 34.0. The summed E-state index contributed by atoms with van der Waals surface area (Å²) in [6.45, 7) is 1.33. The van der Waals surface area contributed by atoms with Gasteiger partial charge in [0.1, 0.15) is 73.2 Å². The van der Waals surface area contributed by atoms with Crippen LogP contribution in [0.2, 0.25) is 0 Å². The topological polar surface area (TPSA) is 307 Å². The minimum atomic E-state index is -1.98. The Morgan fingerprint density at radius 3 is 1.22 bits per heavy atom. The number of carbonyl (C=O) groups excluding carboxylic acids is 1. The van der Waals surface area contributed by atoms with Crippen LogP contribution in [-0.4, -0.2) is 193 Å². The second kappa shape index (κ2) is 49.0. The van der Waals surface area contributed by atoms with Gasteiger partial charge in [0.05, 0.1) is 38.6 Å². The van der Waals surface area contributed by atoms with E-state index in [1.54, 1.807) is 12.2 Å². The molecule has 17 unspecified atom stereocenters. The number of allylic oxidation sites excluding steroid dienone is 19. The van der Waals surface area contributed by atoms with Crippen molar-refractivity contribution in [2.75, 3.05) is 26.4 Å². The molecule has 0 aromatic heterocycles. The van der Waals surface area contributed by atoms with E-state index in [-0.39, 0.29) is 18.9 Å². The molecule has 0 aromatic rings. The first kappa shape index (κ1) is 77.4. The van der Waals surface area contributed by atoms with Gasteiger partial charge in [0, 0.05) is 6.42 Å². The quantitative estimate of drug-likeness (QED) is 0.0211. The molecule has 0 spiro atoms. The summed E-state index contributed by atoms with van der Waals surface area (Å²) in [4.78, 5) is 13.2. The molecule has 87 heavy (non-hydrogen) atoms. The minimum Gasteiger partial charge on any atom is -0.394 e. The predicted octanol–water partition coefficient (Wildman–Crippen LogP) is 7.26. The molecular formula is C68H111NO18. The standard InChI is InChI=1S/C68H111NO18/c1-3-5-7-8-9-10-11-12-13-14-15-16-17-18-19-20-21-22-23-24-25-26-27-28-29-30-31-32-33-34-35-36-37-38-39-40-41-42-44-46-56(74)69-51(52(73)45-43-6-4-2)50-82-66-62(80)59(77)64(54(48-71)84-66)87-68-63(81)60(78)65(55(49-72)85-68)86-67-61(79)58(76)57(75)53(47-70)83-67/h5,7,9-10,12-13,15-16,18-19,21-22,24-25,27-28,30-31,43,45,51-55,57-68,70-73,75-81H,3-4,6,8,11,14,17,20,23,26,29,32-42,44,46-50H2,1-2H3,(H,69,74)/b7-5-,10-9-,13-12-,16-15-,19-18-,22-21-,25-24-,28-27-,31-30-,45-43+. The predicted molar refractivity (Wildman–Crippen MR) is 336 cm³/mol. The fourth-order valence-corrected chi connectivity index (χ4v) is 10.0. The Kier molecular flexibility index (Phi) is 43.6. The average molecular weight is 1230 g/mol. The van der Waals surface area contributed by atoms with Gasteiger partial charge in [-0.05, 0) is 83.5 Å². The molecule has 3 aliphatic heterocycles. The first-order valence-corrected chi connectivity index (χ1v) is 32.3. The van der Waals surface area contributed by atoms with Gasteiger partial charge in [-0.1, -0.05) is 200 Å². The monoisotopic (exact) mass is 1230 g/mol. The summed E-state index contributed by atoms with van der Waals surface area (Å²) in [5.74, 6) is -0.298. The van der Waals surface area contributed by atoms with E-state index in [4.69, 9.17) is 28.4 Å². The lowest BCUT2D eigenvalue weighted by molar-refractivity contribution is -0.379. The molecule has 3 aliphatic rings. The molecule has 0 aromatic carbocycles. The molecule has 19 heteroatoms. The molecule has 3 fully saturated rings. The molecular weight excluding hydrogens is 1120 g/mol. The fourth-order valence-electron chi connectivity index (χ4n) is 10.0. The van der Waals surface area contributed by atoms with Gasteiger partial charge < -0.3 is 89.9 Å². The first-order valence-electron chi connectivity index (χ1n) is 32.3. The second-order valence-corrected chi connectivity index (χ2v) is 22.5. The number of carbonyl (C=O) groups is 1. The van der Waals surface area contributed by atoms with Crippen molar-refractivity contribution in [2.24, 2.45) is 0 Å². The largest absolute Gasteiger partial charge is 0.394 e. The van der Waals surface area contributed by atoms with Gasteiger partial charge in [-0.25, -0.2) is 0 Å². The van der Waals surface area contributed by atoms with Gasteiger partial charge in [-0.3, -0.25) is 4.79 Å². The van der Waals surface area contributed by atoms with E-state index in [1.807, 2.05) is 6.92 Å². The van der Waals surface area contributed by atoms with Crippen molar-refractivity contribution in [3.05, 3.63) is 122 Å². The molecule has 3 rings (SSSR count). The average Bonchev–Trinajstić information content (AvgIpc) is 1.25. The van der Waals surface area contributed by atoms with E-state index in [0.29, 0.717) is 12.8 Å². The summed E-state index contributed by atoms with van der Waals surface area (Å²) in [5, 5.41) is 119. The van der Waals surface area contributed by atoms with Crippen molar-refractivity contribution in [1.82, 2.24) is 5.32 Å². The molecule has 0 radical (unpaired) electrons. The third-order valence-electron chi connectivity index (χ3n) is 15.2. The Morgan fingerprint density at radius 1 is 0.425 bits per heavy atom. The highest BCUT2D eigenvalue weighted by Gasteiger charge is 2.53. The molecule has 12 N–H and O–H groups in total. The summed E-state index contributed by atoms with van der Waals surface area (Å²) in [5.41, 5.74) is 0. The molecule has 496 valence electrons. The van der Waals surface area contributed by atoms with Crippen molar-refractivity contribution in [3.63, 3.8) is 0 Å². The molecule has 0 saturated carbocycles. The van der Waals surface area contributed by atoms with Gasteiger partial charge in [0.15, 0.2) is 18.9 Å². The van der Waals surface area contributed by atoms with Crippen molar-refractivity contribution >= 4 is 5.91 Å². The number of rotatable bonds is 46. The lowest BCUT2D eigenvalue weighted by atomic mass is 9.96. The second-order valence-electron chi connectivity index (χ2n) is 22.5. The normalized spacial score (nSPS) is 29.4. The zero-order valence-electron chi connectivity index (χ0n) is 51.9. The van der Waals surface area contributed by atoms with Crippen LogP contribution in [0.5, 0.6) is 0 Å². The number of ether oxygens (including phenoxy) is 6. The van der Waals surface area contributed by atoms with Crippen LogP contribution in [0.25, 0.3) is 0 Å². The van der Waals surface area contributed by atoms with Crippen LogP contribution >= 0.6 is 0 Å². The highest BCUT2D eigenvalue weighted by Crippen LogP contribution is 2.33. The van der Waals surface area contributed by atoms with E-state index in [0.717, 1.165) is 96.3 Å². The number of hydrogen-bond acceptors (Lipinski definition) is 18. The van der Waals surface area contributed by atoms with Crippen LogP contribution < -0.4 is 5.32 Å². The maximum absolute atomic E-state index is 13.2.